The van der Waals surface area contributed by atoms with Crippen LogP contribution in [0.25, 0.3) is 10.2 Å². The summed E-state index contributed by atoms with van der Waals surface area (Å²) in [4.78, 5) is 17.3. The Balaban J connectivity index is 1.30. The molecule has 30 heavy (non-hydrogen) atoms. The van der Waals surface area contributed by atoms with Crippen molar-refractivity contribution in [1.29, 1.82) is 0 Å². The molecule has 2 aliphatic rings. The first-order chi connectivity index (χ1) is 14.2. The highest BCUT2D eigenvalue weighted by Gasteiger charge is 2.51. The minimum absolute atomic E-state index is 0.0275. The fraction of sp³-hybridized carbons (Fsp3) is 0.391. The highest BCUT2D eigenvalue weighted by Crippen LogP contribution is 2.48. The van der Waals surface area contributed by atoms with Crippen LogP contribution in [-0.2, 0) is 14.1 Å². The van der Waals surface area contributed by atoms with Gasteiger partial charge in [0.25, 0.3) is 0 Å². The molecule has 1 amide bonds. The Labute approximate surface area is 180 Å². The largest absolute Gasteiger partial charge is 0.494 e. The van der Waals surface area contributed by atoms with Gasteiger partial charge in [-0.1, -0.05) is 47.7 Å². The SMILES string of the molecule is CC1(C)OB(c2ccc3nc(NC(=O)[C@H]4C[C@@H]4c4ccccc4)sc3c2)OC1(C)C. The minimum Gasteiger partial charge on any atom is -0.399 e. The van der Waals surface area contributed by atoms with E-state index < -0.39 is 7.12 Å². The topological polar surface area (TPSA) is 60.5 Å². The van der Waals surface area contributed by atoms with Crippen molar-refractivity contribution in [3.8, 4) is 0 Å². The summed E-state index contributed by atoms with van der Waals surface area (Å²) in [5, 5.41) is 3.65. The van der Waals surface area contributed by atoms with E-state index in [-0.39, 0.29) is 23.0 Å². The maximum Gasteiger partial charge on any atom is 0.494 e. The standard InChI is InChI=1S/C23H25BN2O3S/c1-22(2)23(3,4)29-24(28-22)15-10-11-18-19(12-15)30-21(25-18)26-20(27)17-13-16(17)14-8-6-5-7-9-14/h5-12,16-17H,13H2,1-4H3,(H,25,26,27)/t16-,17+/m1/s1. The van der Waals surface area contributed by atoms with Gasteiger partial charge in [0, 0.05) is 5.92 Å². The van der Waals surface area contributed by atoms with Gasteiger partial charge in [0.2, 0.25) is 5.91 Å². The van der Waals surface area contributed by atoms with E-state index in [0.29, 0.717) is 11.0 Å². The van der Waals surface area contributed by atoms with Crippen molar-refractivity contribution >= 4 is 45.2 Å². The number of carbonyl (C=O) groups excluding carboxylic acids is 1. The Morgan fingerprint density at radius 1 is 1.10 bits per heavy atom. The Morgan fingerprint density at radius 2 is 1.80 bits per heavy atom. The molecule has 3 aromatic rings. The number of amides is 1. The summed E-state index contributed by atoms with van der Waals surface area (Å²) in [5.74, 6) is 0.393. The number of aromatic nitrogens is 1. The predicted molar refractivity (Wildman–Crippen MR) is 121 cm³/mol. The van der Waals surface area contributed by atoms with Crippen molar-refractivity contribution in [1.82, 2.24) is 4.98 Å². The van der Waals surface area contributed by atoms with E-state index in [9.17, 15) is 4.79 Å². The third-order valence-corrected chi connectivity index (χ3v) is 7.46. The molecule has 1 aromatic heterocycles. The number of nitrogens with zero attached hydrogens (tertiary/aromatic N) is 1. The molecule has 1 N–H and O–H groups in total. The third-order valence-electron chi connectivity index (χ3n) is 6.52. The average molecular weight is 420 g/mol. The summed E-state index contributed by atoms with van der Waals surface area (Å²) in [7, 11) is -0.405. The smallest absolute Gasteiger partial charge is 0.399 e. The first-order valence-electron chi connectivity index (χ1n) is 10.4. The second-order valence-corrected chi connectivity index (χ2v) is 10.2. The summed E-state index contributed by atoms with van der Waals surface area (Å²) < 4.78 is 13.3. The van der Waals surface area contributed by atoms with Crippen LogP contribution in [0.1, 0.15) is 45.6 Å². The maximum atomic E-state index is 12.7. The summed E-state index contributed by atoms with van der Waals surface area (Å²) in [6.45, 7) is 8.19. The van der Waals surface area contributed by atoms with Gasteiger partial charge in [-0.05, 0) is 63.2 Å². The Bertz CT molecular complexity index is 1100. The molecule has 7 heteroatoms. The molecule has 154 valence electrons. The average Bonchev–Trinajstić information content (AvgIpc) is 3.35. The highest BCUT2D eigenvalue weighted by atomic mass is 32.1. The number of hydrogen-bond donors (Lipinski definition) is 1. The molecular weight excluding hydrogens is 395 g/mol. The summed E-state index contributed by atoms with van der Waals surface area (Å²) >= 11 is 1.49. The first kappa shape index (κ1) is 19.7. The van der Waals surface area contributed by atoms with E-state index in [1.807, 2.05) is 58.0 Å². The number of rotatable bonds is 4. The normalized spacial score (nSPS) is 24.2. The van der Waals surface area contributed by atoms with Crippen LogP contribution in [0.3, 0.4) is 0 Å². The van der Waals surface area contributed by atoms with Crippen LogP contribution >= 0.6 is 11.3 Å². The fourth-order valence-electron chi connectivity index (χ4n) is 3.87. The van der Waals surface area contributed by atoms with Crippen molar-refractivity contribution in [2.75, 3.05) is 5.32 Å². The van der Waals surface area contributed by atoms with Crippen molar-refractivity contribution in [2.45, 2.75) is 51.2 Å². The van der Waals surface area contributed by atoms with Crippen LogP contribution in [0.4, 0.5) is 5.13 Å². The Hall–Kier alpha value is -2.22. The number of anilines is 1. The van der Waals surface area contributed by atoms with E-state index in [1.165, 1.54) is 16.9 Å². The molecule has 0 radical (unpaired) electrons. The van der Waals surface area contributed by atoms with Gasteiger partial charge in [-0.25, -0.2) is 4.98 Å². The number of nitrogens with one attached hydrogen (secondary N) is 1. The van der Waals surface area contributed by atoms with Gasteiger partial charge in [0.15, 0.2) is 5.13 Å². The quantitative estimate of drug-likeness (QED) is 0.638. The van der Waals surface area contributed by atoms with Gasteiger partial charge in [0.1, 0.15) is 0 Å². The van der Waals surface area contributed by atoms with Gasteiger partial charge in [-0.2, -0.15) is 0 Å². The molecule has 2 heterocycles. The van der Waals surface area contributed by atoms with Crippen LogP contribution in [0.15, 0.2) is 48.5 Å². The van der Waals surface area contributed by atoms with E-state index in [0.717, 1.165) is 22.1 Å². The third kappa shape index (κ3) is 3.45. The maximum absolute atomic E-state index is 12.7. The molecule has 1 aliphatic carbocycles. The minimum atomic E-state index is -0.405. The lowest BCUT2D eigenvalue weighted by molar-refractivity contribution is -0.117. The fourth-order valence-corrected chi connectivity index (χ4v) is 4.79. The Kier molecular flexibility index (Phi) is 4.54. The lowest BCUT2D eigenvalue weighted by Crippen LogP contribution is -2.41. The van der Waals surface area contributed by atoms with E-state index >= 15 is 0 Å². The number of fused-ring (bicyclic) bond motifs is 1. The van der Waals surface area contributed by atoms with Crippen molar-refractivity contribution in [3.05, 3.63) is 54.1 Å². The van der Waals surface area contributed by atoms with Gasteiger partial charge in [-0.3, -0.25) is 4.79 Å². The van der Waals surface area contributed by atoms with Crippen LogP contribution in [0, 0.1) is 5.92 Å². The summed E-state index contributed by atoms with van der Waals surface area (Å²) in [6, 6.07) is 16.2. The van der Waals surface area contributed by atoms with Crippen LogP contribution in [-0.4, -0.2) is 29.2 Å². The highest BCUT2D eigenvalue weighted by molar-refractivity contribution is 7.22. The molecule has 0 unspecified atom stereocenters. The monoisotopic (exact) mass is 420 g/mol. The van der Waals surface area contributed by atoms with Gasteiger partial charge >= 0.3 is 7.12 Å². The van der Waals surface area contributed by atoms with Crippen LogP contribution in [0.5, 0.6) is 0 Å². The van der Waals surface area contributed by atoms with E-state index in [2.05, 4.69) is 28.5 Å². The molecular formula is C23H25BN2O3S. The lowest BCUT2D eigenvalue weighted by atomic mass is 9.79. The zero-order chi connectivity index (χ0) is 21.1. The second kappa shape index (κ2) is 6.90. The molecule has 2 fully saturated rings. The van der Waals surface area contributed by atoms with Gasteiger partial charge < -0.3 is 14.6 Å². The van der Waals surface area contributed by atoms with E-state index in [1.54, 1.807) is 0 Å². The van der Waals surface area contributed by atoms with Crippen LogP contribution in [0.2, 0.25) is 0 Å². The number of thiazole rings is 1. The van der Waals surface area contributed by atoms with Crippen molar-refractivity contribution in [3.63, 3.8) is 0 Å². The lowest BCUT2D eigenvalue weighted by Gasteiger charge is -2.32. The first-order valence-corrected chi connectivity index (χ1v) is 11.2. The number of hydrogen-bond acceptors (Lipinski definition) is 5. The molecule has 5 rings (SSSR count). The zero-order valence-corrected chi connectivity index (χ0v) is 18.5. The molecule has 1 aliphatic heterocycles. The molecule has 5 nitrogen and oxygen atoms in total. The van der Waals surface area contributed by atoms with Crippen LogP contribution < -0.4 is 10.8 Å². The van der Waals surface area contributed by atoms with Gasteiger partial charge in [0.05, 0.1) is 21.4 Å². The predicted octanol–water partition coefficient (Wildman–Crippen LogP) is 4.34. The van der Waals surface area contributed by atoms with Crippen molar-refractivity contribution < 1.29 is 14.1 Å². The molecule has 0 spiro atoms. The summed E-state index contributed by atoms with van der Waals surface area (Å²) in [6.07, 6.45) is 0.896. The molecule has 1 saturated carbocycles. The van der Waals surface area contributed by atoms with Crippen molar-refractivity contribution in [2.24, 2.45) is 5.92 Å². The Morgan fingerprint density at radius 3 is 2.50 bits per heavy atom. The number of benzene rings is 2. The molecule has 2 aromatic carbocycles. The van der Waals surface area contributed by atoms with Gasteiger partial charge in [-0.15, -0.1) is 0 Å². The van der Waals surface area contributed by atoms with E-state index in [4.69, 9.17) is 9.31 Å². The number of carbonyl (C=O) groups is 1. The molecule has 2 atom stereocenters. The molecule has 1 saturated heterocycles. The molecule has 0 bridgehead atoms. The summed E-state index contributed by atoms with van der Waals surface area (Å²) in [5.41, 5.74) is 2.31. The second-order valence-electron chi connectivity index (χ2n) is 9.18. The zero-order valence-electron chi connectivity index (χ0n) is 17.6.